The van der Waals surface area contributed by atoms with Gasteiger partial charge in [0.15, 0.2) is 0 Å². The van der Waals surface area contributed by atoms with Gasteiger partial charge in [-0.2, -0.15) is 0 Å². The third-order valence-corrected chi connectivity index (χ3v) is 6.00. The Labute approximate surface area is 198 Å². The summed E-state index contributed by atoms with van der Waals surface area (Å²) in [6, 6.07) is 17.0. The first kappa shape index (κ1) is 22.9. The van der Waals surface area contributed by atoms with Crippen LogP contribution in [0, 0.1) is 0 Å². The maximum atomic E-state index is 12.8. The molecule has 0 atom stereocenters. The minimum Gasteiger partial charge on any atom is -0.410 e. The Balaban J connectivity index is 1.44. The number of nitrogen functional groups attached to an aromatic ring is 1. The van der Waals surface area contributed by atoms with E-state index >= 15 is 0 Å². The maximum absolute atomic E-state index is 12.8. The van der Waals surface area contributed by atoms with Crippen molar-refractivity contribution in [1.82, 2.24) is 14.6 Å². The number of rotatable bonds is 7. The second kappa shape index (κ2) is 10.6. The summed E-state index contributed by atoms with van der Waals surface area (Å²) in [6.45, 7) is 3.94. The van der Waals surface area contributed by atoms with Gasteiger partial charge in [-0.05, 0) is 61.6 Å². The third-order valence-electron chi connectivity index (χ3n) is 5.56. The number of likely N-dealkylation sites (N-methyl/N-ethyl adjacent to an activating group) is 1. The molecule has 1 aliphatic heterocycles. The molecule has 9 heteroatoms. The molecule has 0 bridgehead atoms. The van der Waals surface area contributed by atoms with Crippen molar-refractivity contribution in [3.05, 3.63) is 66.5 Å². The van der Waals surface area contributed by atoms with E-state index in [0.29, 0.717) is 17.1 Å². The summed E-state index contributed by atoms with van der Waals surface area (Å²) in [5.74, 6) is 0.449. The molecule has 1 fully saturated rings. The Kier molecular flexibility index (Phi) is 7.33. The van der Waals surface area contributed by atoms with Crippen LogP contribution in [0.1, 0.15) is 10.5 Å². The molecule has 2 aromatic carbocycles. The minimum absolute atomic E-state index is 0.295. The lowest BCUT2D eigenvalue weighted by Gasteiger charge is -2.33. The number of amides is 1. The van der Waals surface area contributed by atoms with Gasteiger partial charge in [0.25, 0.3) is 5.91 Å². The molecule has 0 unspecified atom stereocenters. The summed E-state index contributed by atoms with van der Waals surface area (Å²) >= 11 is 1.16. The zero-order valence-electron chi connectivity index (χ0n) is 18.7. The Morgan fingerprint density at radius 3 is 2.42 bits per heavy atom. The number of carbonyl (C=O) groups is 1. The van der Waals surface area contributed by atoms with E-state index in [2.05, 4.69) is 31.9 Å². The number of pyridine rings is 1. The third kappa shape index (κ3) is 5.75. The van der Waals surface area contributed by atoms with Crippen LogP contribution in [0.5, 0.6) is 5.75 Å². The number of hydrogen-bond donors (Lipinski definition) is 3. The normalized spacial score (nSPS) is 14.2. The average Bonchev–Trinajstić information content (AvgIpc) is 2.85. The molecular weight excluding hydrogens is 436 g/mol. The average molecular weight is 465 g/mol. The van der Waals surface area contributed by atoms with Crippen molar-refractivity contribution < 1.29 is 8.98 Å². The van der Waals surface area contributed by atoms with Gasteiger partial charge < -0.3 is 25.0 Å². The second-order valence-electron chi connectivity index (χ2n) is 7.84. The van der Waals surface area contributed by atoms with E-state index in [-0.39, 0.29) is 5.91 Å². The predicted molar refractivity (Wildman–Crippen MR) is 135 cm³/mol. The van der Waals surface area contributed by atoms with Crippen molar-refractivity contribution in [1.29, 1.82) is 0 Å². The quantitative estimate of drug-likeness (QED) is 0.278. The number of carbonyl (C=O) groups excluding carboxylic acids is 1. The molecule has 0 saturated carbocycles. The molecule has 1 saturated heterocycles. The number of nitrogens with two attached hydrogens (primary N) is 1. The van der Waals surface area contributed by atoms with Gasteiger partial charge in [-0.3, -0.25) is 4.79 Å². The molecule has 4 N–H and O–H groups in total. The Bertz CT molecular complexity index is 1080. The highest BCUT2D eigenvalue weighted by atomic mass is 32.2. The van der Waals surface area contributed by atoms with Gasteiger partial charge in [0.1, 0.15) is 23.7 Å². The first-order valence-corrected chi connectivity index (χ1v) is 11.5. The van der Waals surface area contributed by atoms with Crippen LogP contribution in [0.25, 0.3) is 11.1 Å². The SMILES string of the molecule is CNSOc1ccc(-c2ccc(N)c(NC(=O)c3ccc(N4CCN(C)CC4)cn3)c2)cc1. The van der Waals surface area contributed by atoms with Crippen LogP contribution in [0.4, 0.5) is 17.1 Å². The summed E-state index contributed by atoms with van der Waals surface area (Å²) in [5.41, 5.74) is 10.5. The predicted octanol–water partition coefficient (Wildman–Crippen LogP) is 3.50. The summed E-state index contributed by atoms with van der Waals surface area (Å²) in [5, 5.41) is 2.90. The van der Waals surface area contributed by atoms with Crippen molar-refractivity contribution in [2.75, 3.05) is 56.2 Å². The Hall–Kier alpha value is -3.27. The molecule has 33 heavy (non-hydrogen) atoms. The van der Waals surface area contributed by atoms with Crippen LogP contribution in [0.15, 0.2) is 60.8 Å². The molecule has 1 aliphatic rings. The molecular formula is C24H28N6O2S. The first-order chi connectivity index (χ1) is 16.0. The van der Waals surface area contributed by atoms with Crippen LogP contribution in [0.3, 0.4) is 0 Å². The van der Waals surface area contributed by atoms with Crippen LogP contribution in [-0.2, 0) is 0 Å². The van der Waals surface area contributed by atoms with E-state index in [1.54, 1.807) is 25.4 Å². The van der Waals surface area contributed by atoms with Gasteiger partial charge in [-0.15, -0.1) is 0 Å². The summed E-state index contributed by atoms with van der Waals surface area (Å²) in [6.07, 6.45) is 1.76. The van der Waals surface area contributed by atoms with E-state index in [1.165, 1.54) is 0 Å². The molecule has 172 valence electrons. The van der Waals surface area contributed by atoms with Crippen LogP contribution in [0.2, 0.25) is 0 Å². The molecule has 1 amide bonds. The van der Waals surface area contributed by atoms with Gasteiger partial charge in [-0.1, -0.05) is 18.2 Å². The maximum Gasteiger partial charge on any atom is 0.274 e. The van der Waals surface area contributed by atoms with E-state index in [4.69, 9.17) is 9.92 Å². The smallest absolute Gasteiger partial charge is 0.274 e. The van der Waals surface area contributed by atoms with Crippen LogP contribution < -0.4 is 24.9 Å². The van der Waals surface area contributed by atoms with Crippen LogP contribution in [-0.4, -0.2) is 56.1 Å². The van der Waals surface area contributed by atoms with Gasteiger partial charge >= 0.3 is 0 Å². The number of piperazine rings is 1. The number of nitrogens with zero attached hydrogens (tertiary/aromatic N) is 3. The largest absolute Gasteiger partial charge is 0.410 e. The van der Waals surface area contributed by atoms with Crippen molar-refractivity contribution >= 4 is 35.2 Å². The fourth-order valence-electron chi connectivity index (χ4n) is 3.60. The van der Waals surface area contributed by atoms with E-state index < -0.39 is 0 Å². The molecule has 0 spiro atoms. The highest BCUT2D eigenvalue weighted by molar-refractivity contribution is 7.93. The molecule has 8 nitrogen and oxygen atoms in total. The lowest BCUT2D eigenvalue weighted by atomic mass is 10.0. The zero-order valence-corrected chi connectivity index (χ0v) is 19.6. The van der Waals surface area contributed by atoms with Crippen molar-refractivity contribution in [2.45, 2.75) is 0 Å². The summed E-state index contributed by atoms with van der Waals surface area (Å²) < 4.78 is 8.32. The number of hydrogen-bond acceptors (Lipinski definition) is 8. The fraction of sp³-hybridized carbons (Fsp3) is 0.250. The minimum atomic E-state index is -0.295. The zero-order chi connectivity index (χ0) is 23.2. The topological polar surface area (TPSA) is 95.7 Å². The van der Waals surface area contributed by atoms with E-state index in [9.17, 15) is 4.79 Å². The lowest BCUT2D eigenvalue weighted by molar-refractivity contribution is 0.102. The molecule has 3 aromatic rings. The molecule has 0 radical (unpaired) electrons. The van der Waals surface area contributed by atoms with Crippen molar-refractivity contribution in [3.8, 4) is 16.9 Å². The Morgan fingerprint density at radius 1 is 1.03 bits per heavy atom. The number of benzene rings is 2. The fourth-order valence-corrected chi connectivity index (χ4v) is 3.89. The highest BCUT2D eigenvalue weighted by Crippen LogP contribution is 2.29. The molecule has 4 rings (SSSR count). The number of nitrogens with one attached hydrogen (secondary N) is 2. The highest BCUT2D eigenvalue weighted by Gasteiger charge is 2.16. The molecule has 0 aliphatic carbocycles. The van der Waals surface area contributed by atoms with Gasteiger partial charge in [0.2, 0.25) is 0 Å². The monoisotopic (exact) mass is 464 g/mol. The molecule has 1 aromatic heterocycles. The van der Waals surface area contributed by atoms with Gasteiger partial charge in [0, 0.05) is 26.2 Å². The van der Waals surface area contributed by atoms with E-state index in [0.717, 1.165) is 61.0 Å². The van der Waals surface area contributed by atoms with Crippen molar-refractivity contribution in [2.24, 2.45) is 0 Å². The number of aromatic nitrogens is 1. The molecule has 2 heterocycles. The summed E-state index contributed by atoms with van der Waals surface area (Å²) in [4.78, 5) is 21.8. The first-order valence-electron chi connectivity index (χ1n) is 10.7. The lowest BCUT2D eigenvalue weighted by Crippen LogP contribution is -2.44. The van der Waals surface area contributed by atoms with Crippen molar-refractivity contribution in [3.63, 3.8) is 0 Å². The Morgan fingerprint density at radius 2 is 1.76 bits per heavy atom. The standard InChI is InChI=1S/C24H28N6O2S/c1-26-33-32-20-7-3-17(4-8-20)18-5-9-21(25)23(15-18)28-24(31)22-10-6-19(16-27-22)30-13-11-29(2)12-14-30/h3-10,15-16,26H,11-14,25H2,1-2H3,(H,28,31). The van der Waals surface area contributed by atoms with E-state index in [1.807, 2.05) is 42.5 Å². The van der Waals surface area contributed by atoms with Gasteiger partial charge in [-0.25, -0.2) is 9.71 Å². The summed E-state index contributed by atoms with van der Waals surface area (Å²) in [7, 11) is 3.91. The van der Waals surface area contributed by atoms with Crippen LogP contribution >= 0.6 is 12.2 Å². The second-order valence-corrected chi connectivity index (χ2v) is 8.58. The number of anilines is 3. The van der Waals surface area contributed by atoms with Gasteiger partial charge in [0.05, 0.1) is 23.3 Å².